The second kappa shape index (κ2) is 6.97. The average Bonchev–Trinajstić information content (AvgIpc) is 2.97. The van der Waals surface area contributed by atoms with E-state index in [2.05, 4.69) is 21.4 Å². The van der Waals surface area contributed by atoms with E-state index in [0.717, 1.165) is 0 Å². The minimum Gasteiger partial charge on any atom is -0.449 e. The molecule has 6 nitrogen and oxygen atoms in total. The maximum Gasteiger partial charge on any atom is 0.301 e. The largest absolute Gasteiger partial charge is 0.449 e. The molecule has 0 saturated carbocycles. The van der Waals surface area contributed by atoms with Crippen molar-refractivity contribution in [2.24, 2.45) is 0 Å². The summed E-state index contributed by atoms with van der Waals surface area (Å²) in [7, 11) is -3.96. The van der Waals surface area contributed by atoms with E-state index in [0.29, 0.717) is 14.9 Å². The van der Waals surface area contributed by atoms with E-state index < -0.39 is 15.9 Å². The first-order valence-electron chi connectivity index (χ1n) is 6.73. The van der Waals surface area contributed by atoms with E-state index >= 15 is 0 Å². The Kier molecular flexibility index (Phi) is 5.08. The Morgan fingerprint density at radius 2 is 1.84 bits per heavy atom. The highest BCUT2D eigenvalue weighted by Crippen LogP contribution is 2.30. The number of hydrogen-bond donors (Lipinski definition) is 2. The Bertz CT molecular complexity index is 1080. The Morgan fingerprint density at radius 3 is 2.56 bits per heavy atom. The van der Waals surface area contributed by atoms with Crippen LogP contribution in [-0.2, 0) is 10.0 Å². The van der Waals surface area contributed by atoms with Crippen molar-refractivity contribution >= 4 is 66.0 Å². The molecule has 3 aromatic rings. The van der Waals surface area contributed by atoms with Crippen molar-refractivity contribution in [1.82, 2.24) is 10.3 Å². The number of fused-ring (bicyclic) bond motifs is 1. The molecule has 1 heterocycles. The van der Waals surface area contributed by atoms with E-state index in [-0.39, 0.29) is 21.3 Å². The van der Waals surface area contributed by atoms with Crippen LogP contribution in [0.5, 0.6) is 0 Å². The van der Waals surface area contributed by atoms with E-state index in [4.69, 9.17) is 27.6 Å². The van der Waals surface area contributed by atoms with Gasteiger partial charge in [0, 0.05) is 14.9 Å². The van der Waals surface area contributed by atoms with Gasteiger partial charge in [0.15, 0.2) is 11.3 Å². The van der Waals surface area contributed by atoms with Crippen LogP contribution in [0.1, 0.15) is 10.6 Å². The molecular weight excluding hydrogens is 455 g/mol. The highest BCUT2D eigenvalue weighted by atomic mass is 79.9. The Hall–Kier alpha value is -1.58. The maximum absolute atomic E-state index is 12.2. The molecule has 0 radical (unpaired) electrons. The topological polar surface area (TPSA) is 88.4 Å². The van der Waals surface area contributed by atoms with Gasteiger partial charge in [-0.15, -0.1) is 4.83 Å². The molecule has 10 heteroatoms. The molecule has 0 aliphatic heterocycles. The molecule has 0 atom stereocenters. The number of amides is 1. The fourth-order valence-electron chi connectivity index (χ4n) is 2.08. The zero-order valence-electron chi connectivity index (χ0n) is 12.2. The number of sulfonamides is 1. The van der Waals surface area contributed by atoms with Gasteiger partial charge in [-0.25, -0.2) is 8.42 Å². The SMILES string of the molecule is O=C(NNS(=O)(=O)c1ccccc1Br)c1cc2cc(Cl)cc(Cl)c2o1. The number of hydrazine groups is 1. The Morgan fingerprint density at radius 1 is 1.12 bits per heavy atom. The van der Waals surface area contributed by atoms with Crippen molar-refractivity contribution in [2.75, 3.05) is 0 Å². The number of carbonyl (C=O) groups is 1. The number of halogens is 3. The van der Waals surface area contributed by atoms with Crippen LogP contribution in [0.15, 0.2) is 56.2 Å². The third-order valence-electron chi connectivity index (χ3n) is 3.18. The summed E-state index contributed by atoms with van der Waals surface area (Å²) in [5.41, 5.74) is 2.37. The molecule has 3 rings (SSSR count). The number of nitrogens with one attached hydrogen (secondary N) is 2. The summed E-state index contributed by atoms with van der Waals surface area (Å²) in [5.74, 6) is -0.895. The number of hydrogen-bond acceptors (Lipinski definition) is 4. The van der Waals surface area contributed by atoms with E-state index in [1.165, 1.54) is 18.2 Å². The first-order chi connectivity index (χ1) is 11.8. The third kappa shape index (κ3) is 3.83. The summed E-state index contributed by atoms with van der Waals surface area (Å²) >= 11 is 15.0. The van der Waals surface area contributed by atoms with Gasteiger partial charge >= 0.3 is 5.91 Å². The normalized spacial score (nSPS) is 11.6. The lowest BCUT2D eigenvalue weighted by atomic mass is 10.2. The molecule has 1 aromatic heterocycles. The van der Waals surface area contributed by atoms with Gasteiger partial charge in [-0.3, -0.25) is 10.2 Å². The fraction of sp³-hybridized carbons (Fsp3) is 0. The van der Waals surface area contributed by atoms with Crippen LogP contribution in [0.2, 0.25) is 10.0 Å². The van der Waals surface area contributed by atoms with Gasteiger partial charge in [-0.05, 0) is 46.3 Å². The summed E-state index contributed by atoms with van der Waals surface area (Å²) in [6.45, 7) is 0. The molecule has 0 spiro atoms. The van der Waals surface area contributed by atoms with Gasteiger partial charge in [0.05, 0.1) is 9.92 Å². The van der Waals surface area contributed by atoms with Crippen molar-refractivity contribution in [3.8, 4) is 0 Å². The lowest BCUT2D eigenvalue weighted by Gasteiger charge is -2.08. The van der Waals surface area contributed by atoms with Crippen LogP contribution in [0.25, 0.3) is 11.0 Å². The standard InChI is InChI=1S/C15H9BrCl2N2O4S/c16-10-3-1-2-4-13(10)25(22,23)20-19-15(21)12-6-8-5-9(17)7-11(18)14(8)24-12/h1-7,20H,(H,19,21). The predicted octanol–water partition coefficient (Wildman–Crippen LogP) is 4.13. The number of rotatable bonds is 4. The minimum absolute atomic E-state index is 0.0188. The van der Waals surface area contributed by atoms with E-state index in [1.54, 1.807) is 24.3 Å². The van der Waals surface area contributed by atoms with Gasteiger partial charge < -0.3 is 4.42 Å². The summed E-state index contributed by atoms with van der Waals surface area (Å²) in [6, 6.07) is 10.7. The smallest absolute Gasteiger partial charge is 0.301 e. The first kappa shape index (κ1) is 18.2. The second-order valence-corrected chi connectivity index (χ2v) is 8.26. The van der Waals surface area contributed by atoms with Gasteiger partial charge in [0.25, 0.3) is 10.0 Å². The predicted molar refractivity (Wildman–Crippen MR) is 98.2 cm³/mol. The van der Waals surface area contributed by atoms with Crippen LogP contribution in [0.3, 0.4) is 0 Å². The first-order valence-corrected chi connectivity index (χ1v) is 9.76. The Balaban J connectivity index is 1.81. The molecule has 0 saturated heterocycles. The van der Waals surface area contributed by atoms with E-state index in [9.17, 15) is 13.2 Å². The number of carbonyl (C=O) groups excluding carboxylic acids is 1. The van der Waals surface area contributed by atoms with Crippen LogP contribution >= 0.6 is 39.1 Å². The van der Waals surface area contributed by atoms with Crippen LogP contribution in [0, 0.1) is 0 Å². The lowest BCUT2D eigenvalue weighted by Crippen LogP contribution is -2.41. The zero-order valence-corrected chi connectivity index (χ0v) is 16.1. The van der Waals surface area contributed by atoms with Gasteiger partial charge in [-0.2, -0.15) is 0 Å². The Labute approximate surface area is 161 Å². The molecule has 1 amide bonds. The summed E-state index contributed by atoms with van der Waals surface area (Å²) in [5, 5.41) is 1.16. The average molecular weight is 464 g/mol. The van der Waals surface area contributed by atoms with Crippen molar-refractivity contribution in [2.45, 2.75) is 4.90 Å². The molecule has 2 aromatic carbocycles. The minimum atomic E-state index is -3.96. The maximum atomic E-state index is 12.2. The molecule has 0 fully saturated rings. The van der Waals surface area contributed by atoms with Gasteiger partial charge in [0.1, 0.15) is 0 Å². The van der Waals surface area contributed by atoms with Crippen molar-refractivity contribution in [3.63, 3.8) is 0 Å². The molecule has 25 heavy (non-hydrogen) atoms. The van der Waals surface area contributed by atoms with Crippen molar-refractivity contribution in [3.05, 3.63) is 62.7 Å². The number of furan rings is 1. The molecule has 0 unspecified atom stereocenters. The number of benzene rings is 2. The summed E-state index contributed by atoms with van der Waals surface area (Å²) in [6.07, 6.45) is 0. The van der Waals surface area contributed by atoms with Crippen LogP contribution in [-0.4, -0.2) is 14.3 Å². The van der Waals surface area contributed by atoms with Crippen molar-refractivity contribution < 1.29 is 17.6 Å². The highest BCUT2D eigenvalue weighted by molar-refractivity contribution is 9.10. The monoisotopic (exact) mass is 462 g/mol. The highest BCUT2D eigenvalue weighted by Gasteiger charge is 2.20. The molecular formula is C15H9BrCl2N2O4S. The summed E-state index contributed by atoms with van der Waals surface area (Å²) < 4.78 is 30.2. The van der Waals surface area contributed by atoms with Crippen LogP contribution in [0.4, 0.5) is 0 Å². The molecule has 0 aliphatic rings. The molecule has 0 bridgehead atoms. The second-order valence-electron chi connectivity index (χ2n) is 4.91. The van der Waals surface area contributed by atoms with Crippen molar-refractivity contribution in [1.29, 1.82) is 0 Å². The fourth-order valence-corrected chi connectivity index (χ4v) is 4.47. The quantitative estimate of drug-likeness (QED) is 0.569. The third-order valence-corrected chi connectivity index (χ3v) is 5.94. The van der Waals surface area contributed by atoms with Crippen LogP contribution < -0.4 is 10.3 Å². The lowest BCUT2D eigenvalue weighted by molar-refractivity contribution is 0.0919. The zero-order chi connectivity index (χ0) is 18.2. The molecule has 130 valence electrons. The van der Waals surface area contributed by atoms with Gasteiger partial charge in [-0.1, -0.05) is 35.3 Å². The molecule has 2 N–H and O–H groups in total. The van der Waals surface area contributed by atoms with E-state index in [1.807, 2.05) is 4.83 Å². The summed E-state index contributed by atoms with van der Waals surface area (Å²) in [4.78, 5) is 14.1. The molecule has 0 aliphatic carbocycles. The van der Waals surface area contributed by atoms with Gasteiger partial charge in [0.2, 0.25) is 0 Å².